The highest BCUT2D eigenvalue weighted by molar-refractivity contribution is 5.92. The number of rotatable bonds is 5. The number of aromatic nitrogens is 4. The van der Waals surface area contributed by atoms with Crippen LogP contribution in [0.15, 0.2) is 60.9 Å². The molecule has 0 aliphatic rings. The van der Waals surface area contributed by atoms with Crippen molar-refractivity contribution in [3.63, 3.8) is 0 Å². The Morgan fingerprint density at radius 3 is 2.88 bits per heavy atom. The zero-order valence-corrected chi connectivity index (χ0v) is 13.1. The first kappa shape index (κ1) is 14.8. The summed E-state index contributed by atoms with van der Waals surface area (Å²) in [4.78, 5) is 19.5. The number of nitrogens with one attached hydrogen (secondary N) is 3. The van der Waals surface area contributed by atoms with Crippen LogP contribution in [0.3, 0.4) is 0 Å². The van der Waals surface area contributed by atoms with Crippen LogP contribution in [0.2, 0.25) is 0 Å². The van der Waals surface area contributed by atoms with E-state index >= 15 is 0 Å². The van der Waals surface area contributed by atoms with Gasteiger partial charge in [0.05, 0.1) is 17.4 Å². The molecule has 0 aliphatic heterocycles. The predicted molar refractivity (Wildman–Crippen MR) is 96.5 cm³/mol. The van der Waals surface area contributed by atoms with E-state index in [1.807, 2.05) is 24.3 Å². The summed E-state index contributed by atoms with van der Waals surface area (Å²) in [5, 5.41) is 14.3. The molecule has 0 bridgehead atoms. The maximum absolute atomic E-state index is 10.9. The number of H-pyrrole nitrogens is 1. The molecule has 25 heavy (non-hydrogen) atoms. The average molecular weight is 330 g/mol. The quantitative estimate of drug-likeness (QED) is 0.483. The molecule has 0 spiro atoms. The second kappa shape index (κ2) is 6.40. The van der Waals surface area contributed by atoms with Gasteiger partial charge in [-0.3, -0.25) is 9.89 Å². The minimum Gasteiger partial charge on any atom is -0.339 e. The van der Waals surface area contributed by atoms with E-state index in [-0.39, 0.29) is 0 Å². The number of aromatic amines is 1. The molecule has 0 radical (unpaired) electrons. The van der Waals surface area contributed by atoms with Gasteiger partial charge in [0, 0.05) is 22.8 Å². The fourth-order valence-corrected chi connectivity index (χ4v) is 2.52. The van der Waals surface area contributed by atoms with Crippen LogP contribution >= 0.6 is 0 Å². The van der Waals surface area contributed by atoms with Gasteiger partial charge in [-0.25, -0.2) is 4.98 Å². The number of carbonyl (C=O) groups is 1. The molecule has 0 amide bonds. The number of fused-ring (bicyclic) bond motifs is 1. The van der Waals surface area contributed by atoms with Crippen molar-refractivity contribution in [2.75, 3.05) is 10.6 Å². The highest BCUT2D eigenvalue weighted by atomic mass is 16.1. The highest BCUT2D eigenvalue weighted by Crippen LogP contribution is 2.24. The van der Waals surface area contributed by atoms with E-state index < -0.39 is 0 Å². The average Bonchev–Trinajstić information content (AvgIpc) is 3.12. The predicted octanol–water partition coefficient (Wildman–Crippen LogP) is 3.65. The van der Waals surface area contributed by atoms with Gasteiger partial charge in [0.15, 0.2) is 0 Å². The summed E-state index contributed by atoms with van der Waals surface area (Å²) in [6.07, 6.45) is 4.23. The monoisotopic (exact) mass is 330 g/mol. The second-order valence-electron chi connectivity index (χ2n) is 5.40. The van der Waals surface area contributed by atoms with E-state index in [0.29, 0.717) is 17.3 Å². The molecule has 2 heterocycles. The summed E-state index contributed by atoms with van der Waals surface area (Å²) >= 11 is 0. The molecular weight excluding hydrogens is 316 g/mol. The Kier molecular flexibility index (Phi) is 3.80. The fraction of sp³-hybridized carbons (Fsp3) is 0. The Hall–Kier alpha value is -3.74. The van der Waals surface area contributed by atoms with Crippen molar-refractivity contribution in [3.05, 3.63) is 66.5 Å². The summed E-state index contributed by atoms with van der Waals surface area (Å²) in [6, 6.07) is 14.8. The van der Waals surface area contributed by atoms with E-state index in [1.165, 1.54) is 0 Å². The number of anilines is 4. The van der Waals surface area contributed by atoms with Gasteiger partial charge in [0.2, 0.25) is 5.95 Å². The lowest BCUT2D eigenvalue weighted by Gasteiger charge is -2.09. The summed E-state index contributed by atoms with van der Waals surface area (Å²) in [6.45, 7) is 0. The molecule has 0 fully saturated rings. The number of nitrogens with zero attached hydrogens (tertiary/aromatic N) is 3. The van der Waals surface area contributed by atoms with Crippen molar-refractivity contribution < 1.29 is 4.79 Å². The molecule has 0 saturated heterocycles. The van der Waals surface area contributed by atoms with Gasteiger partial charge in [0.1, 0.15) is 12.1 Å². The van der Waals surface area contributed by atoms with Crippen LogP contribution in [0.25, 0.3) is 10.9 Å². The first-order chi connectivity index (χ1) is 12.3. The van der Waals surface area contributed by atoms with Crippen molar-refractivity contribution in [1.29, 1.82) is 0 Å². The van der Waals surface area contributed by atoms with Crippen LogP contribution in [-0.2, 0) is 0 Å². The van der Waals surface area contributed by atoms with Crippen LogP contribution in [0, 0.1) is 0 Å². The molecule has 7 heteroatoms. The minimum absolute atomic E-state index is 0.437. The molecule has 7 nitrogen and oxygen atoms in total. The molecule has 122 valence electrons. The Morgan fingerprint density at radius 2 is 1.96 bits per heavy atom. The number of benzene rings is 2. The highest BCUT2D eigenvalue weighted by Gasteiger charge is 2.05. The molecule has 2 aromatic carbocycles. The van der Waals surface area contributed by atoms with Gasteiger partial charge in [-0.05, 0) is 30.3 Å². The smallest absolute Gasteiger partial charge is 0.229 e. The van der Waals surface area contributed by atoms with Crippen LogP contribution in [0.5, 0.6) is 0 Å². The zero-order chi connectivity index (χ0) is 17.1. The Labute approximate surface area is 143 Å². The van der Waals surface area contributed by atoms with Gasteiger partial charge in [0.25, 0.3) is 0 Å². The normalized spacial score (nSPS) is 10.6. The van der Waals surface area contributed by atoms with Crippen molar-refractivity contribution in [1.82, 2.24) is 20.2 Å². The van der Waals surface area contributed by atoms with Gasteiger partial charge in [-0.2, -0.15) is 10.1 Å². The SMILES string of the molecule is O=Cc1cccc(Nc2nccc(Nc3cccc4[nH]ncc34)n2)c1. The molecule has 2 aromatic heterocycles. The lowest BCUT2D eigenvalue weighted by molar-refractivity contribution is 0.112. The van der Waals surface area contributed by atoms with Crippen LogP contribution in [0.4, 0.5) is 23.1 Å². The molecular formula is C18H14N6O. The summed E-state index contributed by atoms with van der Waals surface area (Å²) < 4.78 is 0. The Morgan fingerprint density at radius 1 is 1.04 bits per heavy atom. The Bertz CT molecular complexity index is 1040. The molecule has 4 rings (SSSR count). The second-order valence-corrected chi connectivity index (χ2v) is 5.40. The fourth-order valence-electron chi connectivity index (χ4n) is 2.52. The van der Waals surface area contributed by atoms with E-state index in [9.17, 15) is 4.79 Å². The van der Waals surface area contributed by atoms with Crippen molar-refractivity contribution in [2.24, 2.45) is 0 Å². The van der Waals surface area contributed by atoms with Gasteiger partial charge >= 0.3 is 0 Å². The van der Waals surface area contributed by atoms with Crippen LogP contribution < -0.4 is 10.6 Å². The van der Waals surface area contributed by atoms with Crippen molar-refractivity contribution in [3.8, 4) is 0 Å². The topological polar surface area (TPSA) is 95.6 Å². The number of hydrogen-bond acceptors (Lipinski definition) is 6. The first-order valence-electron chi connectivity index (χ1n) is 7.66. The third kappa shape index (κ3) is 3.16. The Balaban J connectivity index is 1.59. The number of aldehydes is 1. The maximum atomic E-state index is 10.9. The number of hydrogen-bond donors (Lipinski definition) is 3. The van der Waals surface area contributed by atoms with E-state index in [2.05, 4.69) is 30.8 Å². The first-order valence-corrected chi connectivity index (χ1v) is 7.66. The third-order valence-electron chi connectivity index (χ3n) is 3.68. The molecule has 4 aromatic rings. The van der Waals surface area contributed by atoms with E-state index in [1.54, 1.807) is 36.7 Å². The molecule has 3 N–H and O–H groups in total. The lowest BCUT2D eigenvalue weighted by atomic mass is 10.2. The summed E-state index contributed by atoms with van der Waals surface area (Å²) in [7, 11) is 0. The molecule has 0 aliphatic carbocycles. The van der Waals surface area contributed by atoms with E-state index in [4.69, 9.17) is 0 Å². The molecule has 0 atom stereocenters. The standard InChI is InChI=1S/C18H14N6O/c25-11-12-3-1-4-13(9-12)21-18-19-8-7-17(23-18)22-15-5-2-6-16-14(15)10-20-24-16/h1-11H,(H,20,24)(H2,19,21,22,23). The maximum Gasteiger partial charge on any atom is 0.229 e. The van der Waals surface area contributed by atoms with Crippen molar-refractivity contribution in [2.45, 2.75) is 0 Å². The summed E-state index contributed by atoms with van der Waals surface area (Å²) in [5.41, 5.74) is 3.19. The third-order valence-corrected chi connectivity index (χ3v) is 3.68. The van der Waals surface area contributed by atoms with Crippen molar-refractivity contribution >= 4 is 40.3 Å². The molecule has 0 saturated carbocycles. The van der Waals surface area contributed by atoms with E-state index in [0.717, 1.165) is 28.6 Å². The van der Waals surface area contributed by atoms with Gasteiger partial charge in [-0.1, -0.05) is 18.2 Å². The van der Waals surface area contributed by atoms with Crippen LogP contribution in [-0.4, -0.2) is 26.5 Å². The number of carbonyl (C=O) groups excluding carboxylic acids is 1. The largest absolute Gasteiger partial charge is 0.339 e. The molecule has 0 unspecified atom stereocenters. The lowest BCUT2D eigenvalue weighted by Crippen LogP contribution is -2.00. The van der Waals surface area contributed by atoms with Crippen LogP contribution in [0.1, 0.15) is 10.4 Å². The zero-order valence-electron chi connectivity index (χ0n) is 13.1. The minimum atomic E-state index is 0.437. The summed E-state index contributed by atoms with van der Waals surface area (Å²) in [5.74, 6) is 1.09. The van der Waals surface area contributed by atoms with Gasteiger partial charge < -0.3 is 10.6 Å². The van der Waals surface area contributed by atoms with Gasteiger partial charge in [-0.15, -0.1) is 0 Å².